The predicted molar refractivity (Wildman–Crippen MR) is 129 cm³/mol. The van der Waals surface area contributed by atoms with Gasteiger partial charge in [0.15, 0.2) is 0 Å². The average molecular weight is 462 g/mol. The molecule has 1 amide bonds. The smallest absolute Gasteiger partial charge is 0.254 e. The lowest BCUT2D eigenvalue weighted by atomic mass is 10.1. The highest BCUT2D eigenvalue weighted by molar-refractivity contribution is 7.98. The first-order chi connectivity index (χ1) is 16.1. The van der Waals surface area contributed by atoms with Crippen LogP contribution >= 0.6 is 11.8 Å². The minimum Gasteiger partial charge on any atom is -0.334 e. The standard InChI is InChI=1S/C25H24FN5OS/c1-33-23-15-31(25-28-13-17(14-29-25)19-6-2-3-7-21(19)26)22-11-16(8-9-20(22)23)24(32)30-10-4-5-18(30)12-27/h2-3,6-9,11,13-15,18H,4-5,10,12,27H2,1H3/t18-/m0/s1. The van der Waals surface area contributed by atoms with Gasteiger partial charge in [0.05, 0.1) is 5.52 Å². The Morgan fingerprint density at radius 2 is 2.00 bits per heavy atom. The largest absolute Gasteiger partial charge is 0.334 e. The Hall–Kier alpha value is -3.23. The van der Waals surface area contributed by atoms with Crippen molar-refractivity contribution in [3.63, 3.8) is 0 Å². The number of benzene rings is 2. The summed E-state index contributed by atoms with van der Waals surface area (Å²) in [5.41, 5.74) is 8.42. The molecule has 0 unspecified atom stereocenters. The molecule has 0 saturated carbocycles. The number of hydrogen-bond donors (Lipinski definition) is 1. The number of aromatic nitrogens is 3. The molecular formula is C25H24FN5OS. The third kappa shape index (κ3) is 3.89. The zero-order valence-electron chi connectivity index (χ0n) is 18.2. The second-order valence-electron chi connectivity index (χ2n) is 8.08. The van der Waals surface area contributed by atoms with Crippen molar-refractivity contribution in [2.75, 3.05) is 19.3 Å². The molecule has 1 fully saturated rings. The Morgan fingerprint density at radius 1 is 1.21 bits per heavy atom. The van der Waals surface area contributed by atoms with Crippen molar-refractivity contribution in [2.24, 2.45) is 5.73 Å². The minimum atomic E-state index is -0.314. The van der Waals surface area contributed by atoms with Gasteiger partial charge in [-0.1, -0.05) is 24.3 Å². The molecule has 168 valence electrons. The van der Waals surface area contributed by atoms with Crippen LogP contribution in [0, 0.1) is 5.82 Å². The monoisotopic (exact) mass is 461 g/mol. The molecule has 2 aromatic carbocycles. The van der Waals surface area contributed by atoms with Crippen molar-refractivity contribution in [3.05, 3.63) is 72.4 Å². The molecule has 1 aliphatic heterocycles. The molecule has 8 heteroatoms. The first-order valence-electron chi connectivity index (χ1n) is 10.9. The van der Waals surface area contributed by atoms with E-state index in [9.17, 15) is 9.18 Å². The van der Waals surface area contributed by atoms with Crippen LogP contribution < -0.4 is 5.73 Å². The Bertz CT molecular complexity index is 1320. The highest BCUT2D eigenvalue weighted by atomic mass is 32.2. The van der Waals surface area contributed by atoms with Crippen LogP contribution in [-0.2, 0) is 0 Å². The fraction of sp³-hybridized carbons (Fsp3) is 0.240. The number of nitrogens with two attached hydrogens (primary N) is 1. The zero-order valence-corrected chi connectivity index (χ0v) is 19.1. The van der Waals surface area contributed by atoms with Gasteiger partial charge in [0.25, 0.3) is 5.91 Å². The maximum Gasteiger partial charge on any atom is 0.254 e. The number of nitrogens with zero attached hydrogens (tertiary/aromatic N) is 4. The Balaban J connectivity index is 1.55. The molecule has 0 aliphatic carbocycles. The van der Waals surface area contributed by atoms with Crippen molar-refractivity contribution >= 4 is 28.6 Å². The number of halogens is 1. The van der Waals surface area contributed by atoms with E-state index in [4.69, 9.17) is 5.73 Å². The summed E-state index contributed by atoms with van der Waals surface area (Å²) in [4.78, 5) is 25.2. The minimum absolute atomic E-state index is 0.000814. The molecule has 0 bridgehead atoms. The van der Waals surface area contributed by atoms with E-state index in [0.717, 1.165) is 35.2 Å². The van der Waals surface area contributed by atoms with Gasteiger partial charge in [-0.05, 0) is 37.3 Å². The second kappa shape index (κ2) is 8.96. The summed E-state index contributed by atoms with van der Waals surface area (Å²) in [6.45, 7) is 1.21. The van der Waals surface area contributed by atoms with E-state index in [1.54, 1.807) is 42.4 Å². The van der Waals surface area contributed by atoms with Crippen molar-refractivity contribution < 1.29 is 9.18 Å². The van der Waals surface area contributed by atoms with Gasteiger partial charge < -0.3 is 10.6 Å². The van der Waals surface area contributed by atoms with Crippen LogP contribution in [0.25, 0.3) is 28.0 Å². The van der Waals surface area contributed by atoms with Gasteiger partial charge >= 0.3 is 0 Å². The molecule has 6 nitrogen and oxygen atoms in total. The van der Waals surface area contributed by atoms with E-state index >= 15 is 0 Å². The van der Waals surface area contributed by atoms with Crippen LogP contribution in [0.3, 0.4) is 0 Å². The number of hydrogen-bond acceptors (Lipinski definition) is 5. The number of carbonyl (C=O) groups excluding carboxylic acids is 1. The number of thioether (sulfide) groups is 1. The zero-order chi connectivity index (χ0) is 22.9. The average Bonchev–Trinajstić information content (AvgIpc) is 3.48. The van der Waals surface area contributed by atoms with Crippen LogP contribution in [0.15, 0.2) is 66.0 Å². The lowest BCUT2D eigenvalue weighted by Crippen LogP contribution is -2.39. The molecule has 0 spiro atoms. The molecule has 2 N–H and O–H groups in total. The highest BCUT2D eigenvalue weighted by Gasteiger charge is 2.28. The molecule has 1 atom stereocenters. The first-order valence-corrected chi connectivity index (χ1v) is 12.1. The molecular weight excluding hydrogens is 437 g/mol. The molecule has 2 aromatic heterocycles. The predicted octanol–water partition coefficient (Wildman–Crippen LogP) is 4.51. The van der Waals surface area contributed by atoms with Crippen LogP contribution in [0.4, 0.5) is 4.39 Å². The number of amides is 1. The summed E-state index contributed by atoms with van der Waals surface area (Å²) in [5, 5.41) is 1.03. The number of rotatable bonds is 5. The summed E-state index contributed by atoms with van der Waals surface area (Å²) >= 11 is 1.62. The molecule has 1 saturated heterocycles. The summed E-state index contributed by atoms with van der Waals surface area (Å²) in [6, 6.07) is 12.4. The van der Waals surface area contributed by atoms with Gasteiger partial charge in [0, 0.05) is 64.7 Å². The first kappa shape index (κ1) is 21.6. The van der Waals surface area contributed by atoms with Gasteiger partial charge in [-0.25, -0.2) is 14.4 Å². The Morgan fingerprint density at radius 3 is 2.73 bits per heavy atom. The van der Waals surface area contributed by atoms with E-state index in [1.807, 2.05) is 40.1 Å². The molecule has 1 aliphatic rings. The van der Waals surface area contributed by atoms with E-state index in [2.05, 4.69) is 9.97 Å². The maximum atomic E-state index is 14.2. The van der Waals surface area contributed by atoms with Crippen LogP contribution in [0.1, 0.15) is 23.2 Å². The van der Waals surface area contributed by atoms with Gasteiger partial charge in [-0.15, -0.1) is 11.8 Å². The molecule has 33 heavy (non-hydrogen) atoms. The lowest BCUT2D eigenvalue weighted by Gasteiger charge is -2.23. The van der Waals surface area contributed by atoms with Crippen LogP contribution in [0.2, 0.25) is 0 Å². The van der Waals surface area contributed by atoms with Crippen molar-refractivity contribution in [2.45, 2.75) is 23.8 Å². The van der Waals surface area contributed by atoms with Gasteiger partial charge in [-0.3, -0.25) is 9.36 Å². The SMILES string of the molecule is CSc1cn(-c2ncc(-c3ccccc3F)cn2)c2cc(C(=O)N3CCC[C@H]3CN)ccc12. The van der Waals surface area contributed by atoms with Crippen LogP contribution in [0.5, 0.6) is 0 Å². The summed E-state index contributed by atoms with van der Waals surface area (Å²) in [7, 11) is 0. The summed E-state index contributed by atoms with van der Waals surface area (Å²) < 4.78 is 16.0. The van der Waals surface area contributed by atoms with E-state index in [1.165, 1.54) is 6.07 Å². The van der Waals surface area contributed by atoms with Gasteiger partial charge in [0.1, 0.15) is 5.82 Å². The summed E-state index contributed by atoms with van der Waals surface area (Å²) in [6.07, 6.45) is 9.15. The summed E-state index contributed by atoms with van der Waals surface area (Å²) in [5.74, 6) is 0.149. The quantitative estimate of drug-likeness (QED) is 0.443. The van der Waals surface area contributed by atoms with E-state index < -0.39 is 0 Å². The lowest BCUT2D eigenvalue weighted by molar-refractivity contribution is 0.0741. The Labute approximate surface area is 195 Å². The second-order valence-corrected chi connectivity index (χ2v) is 8.93. The fourth-order valence-corrected chi connectivity index (χ4v) is 5.05. The highest BCUT2D eigenvalue weighted by Crippen LogP contribution is 2.32. The molecule has 4 aromatic rings. The van der Waals surface area contributed by atoms with E-state index in [0.29, 0.717) is 29.2 Å². The van der Waals surface area contributed by atoms with Crippen LogP contribution in [-0.4, -0.2) is 50.7 Å². The number of carbonyl (C=O) groups is 1. The third-order valence-corrected chi connectivity index (χ3v) is 6.95. The fourth-order valence-electron chi connectivity index (χ4n) is 4.45. The Kier molecular flexibility index (Phi) is 5.86. The topological polar surface area (TPSA) is 77.0 Å². The van der Waals surface area contributed by atoms with E-state index in [-0.39, 0.29) is 17.8 Å². The maximum absolute atomic E-state index is 14.2. The number of fused-ring (bicyclic) bond motifs is 1. The van der Waals surface area contributed by atoms with Crippen molar-refractivity contribution in [1.82, 2.24) is 19.4 Å². The van der Waals surface area contributed by atoms with Crippen molar-refractivity contribution in [3.8, 4) is 17.1 Å². The number of likely N-dealkylation sites (tertiary alicyclic amines) is 1. The van der Waals surface area contributed by atoms with Gasteiger partial charge in [-0.2, -0.15) is 0 Å². The van der Waals surface area contributed by atoms with Crippen molar-refractivity contribution in [1.29, 1.82) is 0 Å². The van der Waals surface area contributed by atoms with Gasteiger partial charge in [0.2, 0.25) is 5.95 Å². The molecule has 0 radical (unpaired) electrons. The third-order valence-electron chi connectivity index (χ3n) is 6.18. The molecule has 3 heterocycles. The normalized spacial score (nSPS) is 16.0. The molecule has 5 rings (SSSR count).